The van der Waals surface area contributed by atoms with Crippen LogP contribution in [0.3, 0.4) is 0 Å². The number of amides is 1. The van der Waals surface area contributed by atoms with Gasteiger partial charge < -0.3 is 10.2 Å². The van der Waals surface area contributed by atoms with E-state index in [4.69, 9.17) is 23.2 Å². The van der Waals surface area contributed by atoms with Crippen LogP contribution >= 0.6 is 39.1 Å². The van der Waals surface area contributed by atoms with E-state index in [1.807, 2.05) is 25.1 Å². The van der Waals surface area contributed by atoms with Crippen LogP contribution in [0.15, 0.2) is 40.9 Å². The monoisotopic (exact) mass is 386 g/mol. The van der Waals surface area contributed by atoms with E-state index in [1.54, 1.807) is 30.3 Å². The number of hydrogen-bond donors (Lipinski definition) is 1. The van der Waals surface area contributed by atoms with Crippen LogP contribution in [0.25, 0.3) is 0 Å². The van der Waals surface area contributed by atoms with Gasteiger partial charge in [-0.05, 0) is 52.3 Å². The van der Waals surface area contributed by atoms with Gasteiger partial charge in [-0.15, -0.1) is 0 Å². The van der Waals surface area contributed by atoms with Crippen molar-refractivity contribution < 1.29 is 4.79 Å². The van der Waals surface area contributed by atoms with Gasteiger partial charge in [0.2, 0.25) is 0 Å². The van der Waals surface area contributed by atoms with E-state index in [-0.39, 0.29) is 5.91 Å². The number of rotatable bonds is 3. The van der Waals surface area contributed by atoms with E-state index in [0.29, 0.717) is 25.8 Å². The van der Waals surface area contributed by atoms with Crippen molar-refractivity contribution in [3.63, 3.8) is 0 Å². The molecule has 0 atom stereocenters. The minimum atomic E-state index is -0.232. The minimum absolute atomic E-state index is 0.232. The van der Waals surface area contributed by atoms with E-state index in [0.717, 1.165) is 5.69 Å². The Morgan fingerprint density at radius 1 is 1.10 bits per heavy atom. The van der Waals surface area contributed by atoms with E-state index >= 15 is 0 Å². The highest BCUT2D eigenvalue weighted by Gasteiger charge is 2.13. The Bertz CT molecular complexity index is 689. The summed E-state index contributed by atoms with van der Waals surface area (Å²) in [5.41, 5.74) is 2.03. The predicted octanol–water partition coefficient (Wildman–Crippen LogP) is 5.07. The Morgan fingerprint density at radius 2 is 1.71 bits per heavy atom. The number of nitrogens with one attached hydrogen (secondary N) is 1. The molecular formula is C15H13BrCl2N2O. The molecule has 0 bridgehead atoms. The Morgan fingerprint density at radius 3 is 2.33 bits per heavy atom. The van der Waals surface area contributed by atoms with E-state index < -0.39 is 0 Å². The van der Waals surface area contributed by atoms with Crippen LogP contribution in [-0.4, -0.2) is 20.0 Å². The summed E-state index contributed by atoms with van der Waals surface area (Å²) in [5, 5.41) is 4.00. The number of carbonyl (C=O) groups is 1. The van der Waals surface area contributed by atoms with E-state index in [1.165, 1.54) is 0 Å². The van der Waals surface area contributed by atoms with Crippen molar-refractivity contribution in [3.8, 4) is 0 Å². The first-order chi connectivity index (χ1) is 9.88. The third kappa shape index (κ3) is 3.90. The van der Waals surface area contributed by atoms with Crippen LogP contribution in [0.4, 0.5) is 11.4 Å². The molecule has 21 heavy (non-hydrogen) atoms. The van der Waals surface area contributed by atoms with Crippen LogP contribution in [0.5, 0.6) is 0 Å². The summed E-state index contributed by atoms with van der Waals surface area (Å²) in [4.78, 5) is 14.3. The van der Waals surface area contributed by atoms with Gasteiger partial charge in [-0.1, -0.05) is 23.2 Å². The van der Waals surface area contributed by atoms with Gasteiger partial charge in [-0.3, -0.25) is 4.79 Å². The molecule has 0 saturated heterocycles. The zero-order valence-corrected chi connectivity index (χ0v) is 14.6. The van der Waals surface area contributed by atoms with Crippen LogP contribution in [0, 0.1) is 0 Å². The van der Waals surface area contributed by atoms with Crippen molar-refractivity contribution in [2.75, 3.05) is 24.3 Å². The molecule has 0 saturated carbocycles. The summed E-state index contributed by atoms with van der Waals surface area (Å²) in [6, 6.07) is 10.4. The maximum absolute atomic E-state index is 12.4. The van der Waals surface area contributed by atoms with Crippen molar-refractivity contribution in [2.45, 2.75) is 0 Å². The highest BCUT2D eigenvalue weighted by atomic mass is 79.9. The van der Waals surface area contributed by atoms with Crippen molar-refractivity contribution >= 4 is 56.4 Å². The van der Waals surface area contributed by atoms with Crippen molar-refractivity contribution in [2.24, 2.45) is 0 Å². The molecule has 0 aliphatic heterocycles. The molecular weight excluding hydrogens is 375 g/mol. The molecule has 6 heteroatoms. The number of nitrogens with zero attached hydrogens (tertiary/aromatic N) is 1. The van der Waals surface area contributed by atoms with Crippen LogP contribution in [0.2, 0.25) is 10.0 Å². The quantitative estimate of drug-likeness (QED) is 0.796. The number of carbonyl (C=O) groups excluding carboxylic acids is 1. The molecule has 1 N–H and O–H groups in total. The second-order valence-corrected chi connectivity index (χ2v) is 6.36. The summed E-state index contributed by atoms with van der Waals surface area (Å²) in [6.07, 6.45) is 0. The summed E-state index contributed by atoms with van der Waals surface area (Å²) < 4.78 is 0.640. The summed E-state index contributed by atoms with van der Waals surface area (Å²) >= 11 is 15.2. The maximum atomic E-state index is 12.4. The first-order valence-corrected chi connectivity index (χ1v) is 7.66. The topological polar surface area (TPSA) is 32.3 Å². The standard InChI is InChI=1S/C15H13BrCl2N2O/c1-20(2)14-6-4-10(18)8-13(14)19-15(21)11-5-3-9(17)7-12(11)16/h3-8H,1-2H3,(H,19,21). The minimum Gasteiger partial charge on any atom is -0.376 e. The molecule has 0 aliphatic carbocycles. The third-order valence-corrected chi connectivity index (χ3v) is 3.99. The molecule has 3 nitrogen and oxygen atoms in total. The highest BCUT2D eigenvalue weighted by Crippen LogP contribution is 2.29. The Labute approximate surface area is 142 Å². The smallest absolute Gasteiger partial charge is 0.256 e. The lowest BCUT2D eigenvalue weighted by Crippen LogP contribution is -2.17. The van der Waals surface area contributed by atoms with Gasteiger partial charge in [-0.2, -0.15) is 0 Å². The molecule has 0 radical (unpaired) electrons. The lowest BCUT2D eigenvalue weighted by molar-refractivity contribution is 0.102. The van der Waals surface area contributed by atoms with Crippen molar-refractivity contribution in [1.82, 2.24) is 0 Å². The lowest BCUT2D eigenvalue weighted by atomic mass is 10.2. The molecule has 2 aromatic rings. The fraction of sp³-hybridized carbons (Fsp3) is 0.133. The van der Waals surface area contributed by atoms with Crippen LogP contribution in [0.1, 0.15) is 10.4 Å². The van der Waals surface area contributed by atoms with Gasteiger partial charge in [0.15, 0.2) is 0 Å². The molecule has 2 aromatic carbocycles. The van der Waals surface area contributed by atoms with Gasteiger partial charge in [0.1, 0.15) is 0 Å². The highest BCUT2D eigenvalue weighted by molar-refractivity contribution is 9.10. The largest absolute Gasteiger partial charge is 0.376 e. The van der Waals surface area contributed by atoms with Gasteiger partial charge in [0.05, 0.1) is 16.9 Å². The van der Waals surface area contributed by atoms with Crippen LogP contribution in [-0.2, 0) is 0 Å². The molecule has 0 heterocycles. The van der Waals surface area contributed by atoms with Gasteiger partial charge >= 0.3 is 0 Å². The third-order valence-electron chi connectivity index (χ3n) is 2.86. The summed E-state index contributed by atoms with van der Waals surface area (Å²) in [7, 11) is 3.80. The van der Waals surface area contributed by atoms with Crippen LogP contribution < -0.4 is 10.2 Å². The summed E-state index contributed by atoms with van der Waals surface area (Å²) in [5.74, 6) is -0.232. The second kappa shape index (κ2) is 6.69. The molecule has 0 spiro atoms. The first kappa shape index (κ1) is 16.1. The van der Waals surface area contributed by atoms with E-state index in [2.05, 4.69) is 21.2 Å². The van der Waals surface area contributed by atoms with Gasteiger partial charge in [0.25, 0.3) is 5.91 Å². The summed E-state index contributed by atoms with van der Waals surface area (Å²) in [6.45, 7) is 0. The zero-order chi connectivity index (χ0) is 15.6. The maximum Gasteiger partial charge on any atom is 0.256 e. The molecule has 0 fully saturated rings. The average Bonchev–Trinajstić information content (AvgIpc) is 2.37. The number of anilines is 2. The number of benzene rings is 2. The predicted molar refractivity (Wildman–Crippen MR) is 92.9 cm³/mol. The van der Waals surface area contributed by atoms with Crippen molar-refractivity contribution in [1.29, 1.82) is 0 Å². The van der Waals surface area contributed by atoms with Gasteiger partial charge in [0, 0.05) is 28.6 Å². The molecule has 0 aromatic heterocycles. The molecule has 0 unspecified atom stereocenters. The Hall–Kier alpha value is -1.23. The van der Waals surface area contributed by atoms with Crippen molar-refractivity contribution in [3.05, 3.63) is 56.5 Å². The lowest BCUT2D eigenvalue weighted by Gasteiger charge is -2.18. The number of halogens is 3. The molecule has 0 aliphatic rings. The van der Waals surface area contributed by atoms with Gasteiger partial charge in [-0.25, -0.2) is 0 Å². The fourth-order valence-electron chi connectivity index (χ4n) is 1.86. The SMILES string of the molecule is CN(C)c1ccc(Cl)cc1NC(=O)c1ccc(Cl)cc1Br. The molecule has 1 amide bonds. The Kier molecular flexibility index (Phi) is 5.14. The number of hydrogen-bond acceptors (Lipinski definition) is 2. The molecule has 110 valence electrons. The van der Waals surface area contributed by atoms with E-state index in [9.17, 15) is 4.79 Å². The molecule has 2 rings (SSSR count). The second-order valence-electron chi connectivity index (χ2n) is 4.63. The zero-order valence-electron chi connectivity index (χ0n) is 11.5. The average molecular weight is 388 g/mol. The first-order valence-electron chi connectivity index (χ1n) is 6.12. The Balaban J connectivity index is 2.33. The fourth-order valence-corrected chi connectivity index (χ4v) is 2.90. The normalized spacial score (nSPS) is 10.3.